The van der Waals surface area contributed by atoms with Gasteiger partial charge in [0.1, 0.15) is 17.3 Å². The van der Waals surface area contributed by atoms with E-state index in [1.165, 1.54) is 0 Å². The van der Waals surface area contributed by atoms with Crippen molar-refractivity contribution in [3.8, 4) is 37.0 Å². The molecule has 0 radical (unpaired) electrons. The molecule has 0 aromatic heterocycles. The Labute approximate surface area is 126 Å². The van der Waals surface area contributed by atoms with Gasteiger partial charge in [0.2, 0.25) is 0 Å². The van der Waals surface area contributed by atoms with Crippen LogP contribution >= 0.6 is 0 Å². The van der Waals surface area contributed by atoms with Gasteiger partial charge in [-0.2, -0.15) is 0 Å². The SMILES string of the molecule is C#CCS(=O)(=O)CCC(S(=O)(=O)CC#C)S(=O)(=O)CC#C. The van der Waals surface area contributed by atoms with E-state index < -0.39 is 63.5 Å². The van der Waals surface area contributed by atoms with Crippen LogP contribution in [-0.2, 0) is 29.5 Å². The molecule has 0 atom stereocenters. The third-order valence-corrected chi connectivity index (χ3v) is 8.77. The first-order valence-electron chi connectivity index (χ1n) is 5.46. The van der Waals surface area contributed by atoms with Crippen molar-refractivity contribution in [3.05, 3.63) is 0 Å². The molecule has 0 heterocycles. The van der Waals surface area contributed by atoms with Gasteiger partial charge in [0.15, 0.2) is 34.1 Å². The minimum Gasteiger partial charge on any atom is -0.228 e. The largest absolute Gasteiger partial charge is 0.228 e. The zero-order chi connectivity index (χ0) is 16.7. The normalized spacial score (nSPS) is 12.3. The van der Waals surface area contributed by atoms with Gasteiger partial charge < -0.3 is 0 Å². The first kappa shape index (κ1) is 19.5. The Morgan fingerprint density at radius 2 is 1.10 bits per heavy atom. The molecule has 0 bridgehead atoms. The zero-order valence-corrected chi connectivity index (χ0v) is 13.5. The van der Waals surface area contributed by atoms with Crippen molar-refractivity contribution in [2.45, 2.75) is 11.0 Å². The van der Waals surface area contributed by atoms with Crippen molar-refractivity contribution in [3.63, 3.8) is 0 Å². The van der Waals surface area contributed by atoms with Gasteiger partial charge >= 0.3 is 0 Å². The molecule has 0 spiro atoms. The molecule has 0 aliphatic carbocycles. The number of sulfone groups is 3. The summed E-state index contributed by atoms with van der Waals surface area (Å²) in [4.78, 5) is 0. The van der Waals surface area contributed by atoms with Crippen LogP contribution in [0.5, 0.6) is 0 Å². The van der Waals surface area contributed by atoms with Crippen LogP contribution in [0.15, 0.2) is 0 Å². The Bertz CT molecular complexity index is 750. The molecule has 6 nitrogen and oxygen atoms in total. The van der Waals surface area contributed by atoms with Crippen molar-refractivity contribution < 1.29 is 25.3 Å². The Balaban J connectivity index is 5.56. The Hall–Kier alpha value is -1.47. The van der Waals surface area contributed by atoms with Crippen LogP contribution in [0.4, 0.5) is 0 Å². The topological polar surface area (TPSA) is 102 Å². The summed E-state index contributed by atoms with van der Waals surface area (Å²) in [7, 11) is -12.2. The molecule has 0 aromatic carbocycles. The highest BCUT2D eigenvalue weighted by Crippen LogP contribution is 2.17. The molecule has 0 saturated heterocycles. The van der Waals surface area contributed by atoms with E-state index in [0.717, 1.165) is 0 Å². The van der Waals surface area contributed by atoms with Gasteiger partial charge in [-0.15, -0.1) is 19.3 Å². The molecule has 0 fully saturated rings. The van der Waals surface area contributed by atoms with E-state index in [9.17, 15) is 25.3 Å². The quantitative estimate of drug-likeness (QED) is 0.512. The van der Waals surface area contributed by atoms with E-state index in [4.69, 9.17) is 19.3 Å². The van der Waals surface area contributed by atoms with Crippen molar-refractivity contribution in [2.24, 2.45) is 0 Å². The van der Waals surface area contributed by atoms with Crippen LogP contribution < -0.4 is 0 Å². The standard InChI is InChI=1S/C12H14O6S3/c1-4-8-19(13,14)11-7-12(20(15,16)9-5-2)21(17,18)10-6-3/h1-3,12H,7-11H2. The van der Waals surface area contributed by atoms with Crippen LogP contribution in [0.2, 0.25) is 0 Å². The molecular formula is C12H14O6S3. The second kappa shape index (κ2) is 7.51. The number of hydrogen-bond acceptors (Lipinski definition) is 6. The minimum absolute atomic E-state index is 0.607. The number of rotatable bonds is 8. The Morgan fingerprint density at radius 1 is 0.714 bits per heavy atom. The van der Waals surface area contributed by atoms with E-state index >= 15 is 0 Å². The zero-order valence-electron chi connectivity index (χ0n) is 11.0. The molecule has 0 rings (SSSR count). The van der Waals surface area contributed by atoms with Crippen LogP contribution in [0.3, 0.4) is 0 Å². The van der Waals surface area contributed by atoms with E-state index in [2.05, 4.69) is 0 Å². The molecule has 0 saturated carbocycles. The maximum absolute atomic E-state index is 11.9. The average molecular weight is 350 g/mol. The van der Waals surface area contributed by atoms with Gasteiger partial charge in [-0.25, -0.2) is 25.3 Å². The molecular weight excluding hydrogens is 336 g/mol. The van der Waals surface area contributed by atoms with Gasteiger partial charge in [-0.05, 0) is 6.42 Å². The summed E-state index contributed by atoms with van der Waals surface area (Å²) in [6.07, 6.45) is 14.0. The predicted octanol–water partition coefficient (Wildman–Crippen LogP) is -1.15. The monoisotopic (exact) mass is 350 g/mol. The molecule has 0 N–H and O–H groups in total. The van der Waals surface area contributed by atoms with Crippen LogP contribution in [0.25, 0.3) is 0 Å². The van der Waals surface area contributed by atoms with Gasteiger partial charge in [0, 0.05) is 0 Å². The lowest BCUT2D eigenvalue weighted by molar-refractivity contribution is 0.574. The molecule has 0 amide bonds. The Kier molecular flexibility index (Phi) is 6.99. The first-order chi connectivity index (χ1) is 9.52. The van der Waals surface area contributed by atoms with Crippen molar-refractivity contribution >= 4 is 29.5 Å². The third-order valence-electron chi connectivity index (χ3n) is 2.34. The fourth-order valence-corrected chi connectivity index (χ4v) is 6.75. The second-order valence-corrected chi connectivity index (χ2v) is 10.9. The van der Waals surface area contributed by atoms with E-state index in [-0.39, 0.29) is 0 Å². The maximum Gasteiger partial charge on any atom is 0.178 e. The van der Waals surface area contributed by atoms with Crippen molar-refractivity contribution in [2.75, 3.05) is 23.0 Å². The summed E-state index contributed by atoms with van der Waals surface area (Å²) >= 11 is 0. The second-order valence-electron chi connectivity index (χ2n) is 4.04. The van der Waals surface area contributed by atoms with Gasteiger partial charge in [-0.3, -0.25) is 0 Å². The smallest absolute Gasteiger partial charge is 0.178 e. The Morgan fingerprint density at radius 3 is 1.43 bits per heavy atom. The molecule has 21 heavy (non-hydrogen) atoms. The fraction of sp³-hybridized carbons (Fsp3) is 0.500. The average Bonchev–Trinajstić information content (AvgIpc) is 2.27. The molecule has 0 aromatic rings. The lowest BCUT2D eigenvalue weighted by Gasteiger charge is -2.15. The van der Waals surface area contributed by atoms with Crippen molar-refractivity contribution in [1.29, 1.82) is 0 Å². The number of terminal acetylenes is 3. The van der Waals surface area contributed by atoms with E-state index in [0.29, 0.717) is 0 Å². The molecule has 9 heteroatoms. The summed E-state index contributed by atoms with van der Waals surface area (Å²) < 4.78 is 68.6. The van der Waals surface area contributed by atoms with Crippen LogP contribution in [0, 0.1) is 37.0 Å². The fourth-order valence-electron chi connectivity index (χ4n) is 1.48. The summed E-state index contributed by atoms with van der Waals surface area (Å²) in [5.41, 5.74) is 0. The number of hydrogen-bond donors (Lipinski definition) is 0. The molecule has 0 unspecified atom stereocenters. The first-order valence-corrected chi connectivity index (χ1v) is 10.7. The van der Waals surface area contributed by atoms with Crippen LogP contribution in [0.1, 0.15) is 6.42 Å². The van der Waals surface area contributed by atoms with Crippen LogP contribution in [-0.4, -0.2) is 52.8 Å². The van der Waals surface area contributed by atoms with Gasteiger partial charge in [0.05, 0.1) is 5.75 Å². The summed E-state index contributed by atoms with van der Waals surface area (Å²) in [5.74, 6) is 2.65. The molecule has 0 aliphatic rings. The minimum atomic E-state index is -4.23. The highest BCUT2D eigenvalue weighted by atomic mass is 32.3. The summed E-state index contributed by atoms with van der Waals surface area (Å²) in [5, 5.41) is 0. The maximum atomic E-state index is 11.9. The van der Waals surface area contributed by atoms with Gasteiger partial charge in [-0.1, -0.05) is 17.8 Å². The summed E-state index contributed by atoms with van der Waals surface area (Å²) in [6.45, 7) is 0. The van der Waals surface area contributed by atoms with E-state index in [1.54, 1.807) is 0 Å². The molecule has 0 aliphatic heterocycles. The highest BCUT2D eigenvalue weighted by molar-refractivity contribution is 8.09. The lowest BCUT2D eigenvalue weighted by Crippen LogP contribution is -2.35. The third kappa shape index (κ3) is 6.22. The van der Waals surface area contributed by atoms with E-state index in [1.807, 2.05) is 17.8 Å². The highest BCUT2D eigenvalue weighted by Gasteiger charge is 2.37. The lowest BCUT2D eigenvalue weighted by atomic mass is 10.6. The predicted molar refractivity (Wildman–Crippen MR) is 81.1 cm³/mol. The van der Waals surface area contributed by atoms with Gasteiger partial charge in [0.25, 0.3) is 0 Å². The summed E-state index contributed by atoms with van der Waals surface area (Å²) in [6, 6.07) is 0. The van der Waals surface area contributed by atoms with Crippen molar-refractivity contribution in [1.82, 2.24) is 0 Å². The molecule has 116 valence electrons.